The van der Waals surface area contributed by atoms with Crippen LogP contribution >= 0.6 is 11.6 Å². The fourth-order valence-electron chi connectivity index (χ4n) is 2.10. The minimum atomic E-state index is -4.11. The molecule has 8 heteroatoms. The number of hydrogen-bond acceptors (Lipinski definition) is 5. The molecule has 25 heavy (non-hydrogen) atoms. The third kappa shape index (κ3) is 3.65. The Morgan fingerprint density at radius 2 is 1.76 bits per heavy atom. The average Bonchev–Trinajstić information content (AvgIpc) is 3.03. The highest BCUT2D eigenvalue weighted by Crippen LogP contribution is 2.27. The minimum Gasteiger partial charge on any atom is -0.421 e. The molecule has 126 valence electrons. The molecule has 0 aliphatic heterocycles. The van der Waals surface area contributed by atoms with Crippen molar-refractivity contribution in [1.82, 2.24) is 4.98 Å². The van der Waals surface area contributed by atoms with Gasteiger partial charge in [-0.2, -0.15) is 18.7 Å². The zero-order valence-electron chi connectivity index (χ0n) is 13.0. The number of oxazole rings is 1. The van der Waals surface area contributed by atoms with Crippen molar-refractivity contribution in [3.05, 3.63) is 64.8 Å². The summed E-state index contributed by atoms with van der Waals surface area (Å²) in [4.78, 5) is 3.98. The molecule has 0 fully saturated rings. The van der Waals surface area contributed by atoms with E-state index in [1.807, 2.05) is 19.1 Å². The van der Waals surface area contributed by atoms with Crippen molar-refractivity contribution in [2.45, 2.75) is 12.0 Å². The highest BCUT2D eigenvalue weighted by atomic mass is 35.5. The standard InChI is InChI=1S/C17H12ClN3O3S/c1-11-2-4-12(5-3-11)16-20-15(10-19)17(24-16)25(22,23)21-14-8-6-13(18)7-9-14/h2-9,21H,1H3. The Bertz CT molecular complexity index is 1050. The molecule has 2 aromatic carbocycles. The Morgan fingerprint density at radius 3 is 2.36 bits per heavy atom. The van der Waals surface area contributed by atoms with Crippen LogP contribution in [0.1, 0.15) is 11.3 Å². The van der Waals surface area contributed by atoms with Crippen LogP contribution < -0.4 is 4.72 Å². The summed E-state index contributed by atoms with van der Waals surface area (Å²) in [5.74, 6) is 0.0630. The SMILES string of the molecule is Cc1ccc(-c2nc(C#N)c(S(=O)(=O)Nc3ccc(Cl)cc3)o2)cc1. The summed E-state index contributed by atoms with van der Waals surface area (Å²) in [6, 6.07) is 15.0. The molecule has 3 aromatic rings. The van der Waals surface area contributed by atoms with Crippen molar-refractivity contribution in [2.24, 2.45) is 0 Å². The van der Waals surface area contributed by atoms with E-state index in [2.05, 4.69) is 9.71 Å². The molecule has 0 amide bonds. The molecule has 0 atom stereocenters. The molecule has 0 radical (unpaired) electrons. The lowest BCUT2D eigenvalue weighted by atomic mass is 10.1. The number of anilines is 1. The maximum Gasteiger partial charge on any atom is 0.298 e. The van der Waals surface area contributed by atoms with Gasteiger partial charge in [-0.25, -0.2) is 0 Å². The van der Waals surface area contributed by atoms with Crippen LogP contribution in [-0.2, 0) is 10.0 Å². The summed E-state index contributed by atoms with van der Waals surface area (Å²) in [5, 5.41) is 9.15. The normalized spacial score (nSPS) is 11.1. The molecule has 0 saturated carbocycles. The van der Waals surface area contributed by atoms with Gasteiger partial charge in [0.05, 0.1) is 0 Å². The first-order chi connectivity index (χ1) is 11.9. The second kappa shape index (κ2) is 6.59. The van der Waals surface area contributed by atoms with E-state index in [1.54, 1.807) is 30.3 Å². The average molecular weight is 374 g/mol. The van der Waals surface area contributed by atoms with Crippen LogP contribution in [0.2, 0.25) is 5.02 Å². The molecule has 0 spiro atoms. The maximum atomic E-state index is 12.5. The van der Waals surface area contributed by atoms with E-state index >= 15 is 0 Å². The van der Waals surface area contributed by atoms with Crippen LogP contribution in [0.15, 0.2) is 58.0 Å². The summed E-state index contributed by atoms with van der Waals surface area (Å²) >= 11 is 5.78. The van der Waals surface area contributed by atoms with Crippen LogP contribution in [0.4, 0.5) is 5.69 Å². The first-order valence-corrected chi connectivity index (χ1v) is 9.01. The molecule has 0 aliphatic carbocycles. The Hall–Kier alpha value is -2.82. The predicted molar refractivity (Wildman–Crippen MR) is 93.7 cm³/mol. The second-order valence-corrected chi connectivity index (χ2v) is 7.26. The van der Waals surface area contributed by atoms with E-state index in [0.717, 1.165) is 5.56 Å². The van der Waals surface area contributed by atoms with Gasteiger partial charge in [0.15, 0.2) is 0 Å². The van der Waals surface area contributed by atoms with Gasteiger partial charge in [-0.1, -0.05) is 29.3 Å². The van der Waals surface area contributed by atoms with E-state index in [9.17, 15) is 13.7 Å². The molecule has 1 N–H and O–H groups in total. The lowest BCUT2D eigenvalue weighted by molar-refractivity contribution is 0.459. The number of sulfonamides is 1. The number of nitrogens with one attached hydrogen (secondary N) is 1. The first-order valence-electron chi connectivity index (χ1n) is 7.15. The molecule has 0 saturated heterocycles. The van der Waals surface area contributed by atoms with Crippen LogP contribution in [0, 0.1) is 18.3 Å². The third-order valence-corrected chi connectivity index (χ3v) is 4.86. The van der Waals surface area contributed by atoms with E-state index in [-0.39, 0.29) is 11.6 Å². The van der Waals surface area contributed by atoms with Crippen molar-refractivity contribution in [3.63, 3.8) is 0 Å². The zero-order valence-corrected chi connectivity index (χ0v) is 14.6. The molecule has 1 aromatic heterocycles. The number of aryl methyl sites for hydroxylation is 1. The van der Waals surface area contributed by atoms with E-state index in [0.29, 0.717) is 16.3 Å². The van der Waals surface area contributed by atoms with E-state index in [4.69, 9.17) is 16.0 Å². The van der Waals surface area contributed by atoms with E-state index < -0.39 is 15.1 Å². The summed E-state index contributed by atoms with van der Waals surface area (Å²) < 4.78 is 32.8. The maximum absolute atomic E-state index is 12.5. The Balaban J connectivity index is 1.99. The van der Waals surface area contributed by atoms with Crippen LogP contribution in [0.5, 0.6) is 0 Å². The monoisotopic (exact) mass is 373 g/mol. The lowest BCUT2D eigenvalue weighted by Crippen LogP contribution is -2.13. The zero-order chi connectivity index (χ0) is 18.0. The fraction of sp³-hybridized carbons (Fsp3) is 0.0588. The number of halogens is 1. The van der Waals surface area contributed by atoms with Crippen molar-refractivity contribution in [1.29, 1.82) is 5.26 Å². The second-order valence-electron chi connectivity index (χ2n) is 5.25. The molecular weight excluding hydrogens is 362 g/mol. The summed E-state index contributed by atoms with van der Waals surface area (Å²) in [6.45, 7) is 1.92. The van der Waals surface area contributed by atoms with Gasteiger partial charge in [0.1, 0.15) is 6.07 Å². The fourth-order valence-corrected chi connectivity index (χ4v) is 3.30. The number of benzene rings is 2. The van der Waals surface area contributed by atoms with Crippen molar-refractivity contribution >= 4 is 27.3 Å². The number of nitriles is 1. The third-order valence-electron chi connectivity index (χ3n) is 3.34. The van der Waals surface area contributed by atoms with Crippen molar-refractivity contribution in [3.8, 4) is 17.5 Å². The largest absolute Gasteiger partial charge is 0.421 e. The molecule has 6 nitrogen and oxygen atoms in total. The number of hydrogen-bond donors (Lipinski definition) is 1. The Labute approximate surface area is 149 Å². The quantitative estimate of drug-likeness (QED) is 0.746. The Morgan fingerprint density at radius 1 is 1.12 bits per heavy atom. The summed E-state index contributed by atoms with van der Waals surface area (Å²) in [7, 11) is -4.11. The summed E-state index contributed by atoms with van der Waals surface area (Å²) in [5.41, 5.74) is 1.60. The topological polar surface area (TPSA) is 96.0 Å². The van der Waals surface area contributed by atoms with Gasteiger partial charge in [0, 0.05) is 16.3 Å². The molecule has 0 aliphatic rings. The van der Waals surface area contributed by atoms with Crippen LogP contribution in [0.25, 0.3) is 11.5 Å². The van der Waals surface area contributed by atoms with Gasteiger partial charge >= 0.3 is 0 Å². The lowest BCUT2D eigenvalue weighted by Gasteiger charge is -2.05. The smallest absolute Gasteiger partial charge is 0.298 e. The molecular formula is C17H12ClN3O3S. The van der Waals surface area contributed by atoms with Crippen molar-refractivity contribution < 1.29 is 12.8 Å². The molecule has 3 rings (SSSR count). The first kappa shape index (κ1) is 17.0. The molecule has 0 bridgehead atoms. The molecule has 0 unspecified atom stereocenters. The Kier molecular flexibility index (Phi) is 4.49. The number of aromatic nitrogens is 1. The minimum absolute atomic E-state index is 0.0630. The van der Waals surface area contributed by atoms with Gasteiger partial charge < -0.3 is 4.42 Å². The predicted octanol–water partition coefficient (Wildman–Crippen LogP) is 3.98. The van der Waals surface area contributed by atoms with Gasteiger partial charge in [-0.3, -0.25) is 4.72 Å². The van der Waals surface area contributed by atoms with E-state index in [1.165, 1.54) is 12.1 Å². The highest BCUT2D eigenvalue weighted by molar-refractivity contribution is 7.92. The van der Waals surface area contributed by atoms with Crippen LogP contribution in [-0.4, -0.2) is 13.4 Å². The number of rotatable bonds is 4. The van der Waals surface area contributed by atoms with Gasteiger partial charge in [-0.15, -0.1) is 0 Å². The van der Waals surface area contributed by atoms with Gasteiger partial charge in [0.2, 0.25) is 11.6 Å². The highest BCUT2D eigenvalue weighted by Gasteiger charge is 2.27. The van der Waals surface area contributed by atoms with Gasteiger partial charge in [0.25, 0.3) is 15.1 Å². The number of nitrogens with zero attached hydrogens (tertiary/aromatic N) is 2. The van der Waals surface area contributed by atoms with Gasteiger partial charge in [-0.05, 0) is 43.3 Å². The van der Waals surface area contributed by atoms with Crippen LogP contribution in [0.3, 0.4) is 0 Å². The van der Waals surface area contributed by atoms with Crippen molar-refractivity contribution in [2.75, 3.05) is 4.72 Å². The molecule has 1 heterocycles. The summed E-state index contributed by atoms with van der Waals surface area (Å²) in [6.07, 6.45) is 0.